The zero-order chi connectivity index (χ0) is 15.8. The molecule has 0 fully saturated rings. The molecule has 1 N–H and O–H groups in total. The summed E-state index contributed by atoms with van der Waals surface area (Å²) in [5.41, 5.74) is -0.229. The maximum atomic E-state index is 11.2. The van der Waals surface area contributed by atoms with Crippen LogP contribution in [-0.4, -0.2) is 40.8 Å². The van der Waals surface area contributed by atoms with Crippen molar-refractivity contribution in [2.24, 2.45) is 0 Å². The molecule has 1 heterocycles. The van der Waals surface area contributed by atoms with Gasteiger partial charge in [0, 0.05) is 13.2 Å². The molecule has 0 aliphatic carbocycles. The monoisotopic (exact) mass is 298 g/mol. The Morgan fingerprint density at radius 3 is 2.67 bits per heavy atom. The number of nitro groups is 1. The van der Waals surface area contributed by atoms with Gasteiger partial charge >= 0.3 is 5.69 Å². The molecule has 1 aromatic heterocycles. The second-order valence-electron chi connectivity index (χ2n) is 4.66. The lowest BCUT2D eigenvalue weighted by Crippen LogP contribution is -2.13. The van der Waals surface area contributed by atoms with Crippen molar-refractivity contribution < 1.29 is 14.4 Å². The Balaban J connectivity index is 2.77. The number of ether oxygens (including phenoxy) is 2. The smallest absolute Gasteiger partial charge is 0.372 e. The summed E-state index contributed by atoms with van der Waals surface area (Å²) < 4.78 is 10.6. The summed E-state index contributed by atoms with van der Waals surface area (Å²) in [5.74, 6) is 0.599. The predicted molar refractivity (Wildman–Crippen MR) is 78.8 cm³/mol. The standard InChI is InChI=1S/C13H22N4O4/c1-5-20-13-11(17(18)19)12(15-10(4)16-13)14-7-6-8-21-9(2)3/h9H,5-8H2,1-4H3,(H,14,15,16). The van der Waals surface area contributed by atoms with Crippen molar-refractivity contribution in [3.63, 3.8) is 0 Å². The third-order valence-electron chi connectivity index (χ3n) is 2.49. The Morgan fingerprint density at radius 1 is 1.38 bits per heavy atom. The van der Waals surface area contributed by atoms with E-state index < -0.39 is 4.92 Å². The van der Waals surface area contributed by atoms with Gasteiger partial charge in [0.05, 0.1) is 17.6 Å². The molecular weight excluding hydrogens is 276 g/mol. The quantitative estimate of drug-likeness (QED) is 0.424. The minimum Gasteiger partial charge on any atom is -0.473 e. The minimum absolute atomic E-state index is 0.00377. The van der Waals surface area contributed by atoms with Gasteiger partial charge < -0.3 is 14.8 Å². The van der Waals surface area contributed by atoms with Crippen LogP contribution in [0.2, 0.25) is 0 Å². The number of hydrogen-bond acceptors (Lipinski definition) is 7. The van der Waals surface area contributed by atoms with E-state index >= 15 is 0 Å². The summed E-state index contributed by atoms with van der Waals surface area (Å²) in [7, 11) is 0. The summed E-state index contributed by atoms with van der Waals surface area (Å²) in [4.78, 5) is 18.7. The molecule has 0 amide bonds. The van der Waals surface area contributed by atoms with E-state index in [1.807, 2.05) is 13.8 Å². The van der Waals surface area contributed by atoms with E-state index in [-0.39, 0.29) is 23.5 Å². The van der Waals surface area contributed by atoms with Crippen LogP contribution in [0.25, 0.3) is 0 Å². The van der Waals surface area contributed by atoms with Crippen LogP contribution in [0.1, 0.15) is 33.0 Å². The van der Waals surface area contributed by atoms with E-state index in [0.29, 0.717) is 25.6 Å². The number of nitrogens with zero attached hydrogens (tertiary/aromatic N) is 3. The van der Waals surface area contributed by atoms with Gasteiger partial charge in [-0.25, -0.2) is 4.98 Å². The predicted octanol–water partition coefficient (Wildman–Crippen LogP) is 2.32. The van der Waals surface area contributed by atoms with Crippen molar-refractivity contribution in [2.75, 3.05) is 25.1 Å². The first-order valence-corrected chi connectivity index (χ1v) is 6.97. The molecule has 0 aliphatic rings. The molecule has 0 bridgehead atoms. The Morgan fingerprint density at radius 2 is 2.10 bits per heavy atom. The van der Waals surface area contributed by atoms with Crippen molar-refractivity contribution in [3.8, 4) is 5.88 Å². The molecule has 0 unspecified atom stereocenters. The van der Waals surface area contributed by atoms with E-state index in [1.54, 1.807) is 13.8 Å². The topological polar surface area (TPSA) is 99.4 Å². The number of anilines is 1. The number of aryl methyl sites for hydroxylation is 1. The van der Waals surface area contributed by atoms with Crippen molar-refractivity contribution >= 4 is 11.5 Å². The fourth-order valence-corrected chi connectivity index (χ4v) is 1.66. The van der Waals surface area contributed by atoms with Crippen LogP contribution in [0.3, 0.4) is 0 Å². The van der Waals surface area contributed by atoms with Gasteiger partial charge in [0.15, 0.2) is 0 Å². The van der Waals surface area contributed by atoms with Crippen LogP contribution < -0.4 is 10.1 Å². The van der Waals surface area contributed by atoms with Crippen LogP contribution in [-0.2, 0) is 4.74 Å². The molecule has 0 aromatic carbocycles. The highest BCUT2D eigenvalue weighted by atomic mass is 16.6. The van der Waals surface area contributed by atoms with Gasteiger partial charge in [-0.3, -0.25) is 10.1 Å². The second kappa shape index (κ2) is 8.35. The molecule has 0 aliphatic heterocycles. The molecular formula is C13H22N4O4. The number of rotatable bonds is 9. The Bertz CT molecular complexity index is 479. The van der Waals surface area contributed by atoms with Crippen LogP contribution >= 0.6 is 0 Å². The summed E-state index contributed by atoms with van der Waals surface area (Å²) in [5, 5.41) is 14.1. The lowest BCUT2D eigenvalue weighted by molar-refractivity contribution is -0.385. The van der Waals surface area contributed by atoms with Crippen LogP contribution in [0.4, 0.5) is 11.5 Å². The highest BCUT2D eigenvalue weighted by Gasteiger charge is 2.25. The number of nitrogens with one attached hydrogen (secondary N) is 1. The van der Waals surface area contributed by atoms with Crippen LogP contribution in [0, 0.1) is 17.0 Å². The second-order valence-corrected chi connectivity index (χ2v) is 4.66. The van der Waals surface area contributed by atoms with E-state index in [1.165, 1.54) is 0 Å². The Kier molecular flexibility index (Phi) is 6.80. The van der Waals surface area contributed by atoms with Crippen molar-refractivity contribution in [1.82, 2.24) is 9.97 Å². The highest BCUT2D eigenvalue weighted by molar-refractivity contribution is 5.61. The average Bonchev–Trinajstić information content (AvgIpc) is 2.37. The third kappa shape index (κ3) is 5.50. The van der Waals surface area contributed by atoms with Gasteiger partial charge in [-0.05, 0) is 34.1 Å². The van der Waals surface area contributed by atoms with Gasteiger partial charge in [-0.1, -0.05) is 0 Å². The number of aromatic nitrogens is 2. The van der Waals surface area contributed by atoms with Gasteiger partial charge in [0.1, 0.15) is 5.82 Å². The van der Waals surface area contributed by atoms with Crippen LogP contribution in [0.15, 0.2) is 0 Å². The Hall–Kier alpha value is -1.96. The highest BCUT2D eigenvalue weighted by Crippen LogP contribution is 2.31. The van der Waals surface area contributed by atoms with Crippen LogP contribution in [0.5, 0.6) is 5.88 Å². The normalized spacial score (nSPS) is 10.7. The number of hydrogen-bond donors (Lipinski definition) is 1. The van der Waals surface area contributed by atoms with E-state index in [9.17, 15) is 10.1 Å². The van der Waals surface area contributed by atoms with E-state index in [0.717, 1.165) is 6.42 Å². The molecule has 0 atom stereocenters. The third-order valence-corrected chi connectivity index (χ3v) is 2.49. The van der Waals surface area contributed by atoms with Gasteiger partial charge in [-0.2, -0.15) is 4.98 Å². The maximum Gasteiger partial charge on any atom is 0.372 e. The van der Waals surface area contributed by atoms with Crippen molar-refractivity contribution in [2.45, 2.75) is 40.2 Å². The van der Waals surface area contributed by atoms with Gasteiger partial charge in [0.2, 0.25) is 5.82 Å². The fourth-order valence-electron chi connectivity index (χ4n) is 1.66. The zero-order valence-electron chi connectivity index (χ0n) is 12.9. The molecule has 118 valence electrons. The molecule has 1 rings (SSSR count). The minimum atomic E-state index is -0.530. The van der Waals surface area contributed by atoms with Gasteiger partial charge in [-0.15, -0.1) is 0 Å². The SMILES string of the molecule is CCOc1nc(C)nc(NCCCOC(C)C)c1[N+](=O)[O-]. The molecule has 1 aromatic rings. The molecule has 0 spiro atoms. The maximum absolute atomic E-state index is 11.2. The molecule has 8 heteroatoms. The lowest BCUT2D eigenvalue weighted by Gasteiger charge is -2.11. The first-order chi connectivity index (χ1) is 9.95. The first-order valence-electron chi connectivity index (χ1n) is 6.97. The van der Waals surface area contributed by atoms with Gasteiger partial charge in [0.25, 0.3) is 5.88 Å². The largest absolute Gasteiger partial charge is 0.473 e. The molecule has 8 nitrogen and oxygen atoms in total. The van der Waals surface area contributed by atoms with Crippen molar-refractivity contribution in [1.29, 1.82) is 0 Å². The molecule has 0 saturated carbocycles. The Labute approximate surface area is 124 Å². The fraction of sp³-hybridized carbons (Fsp3) is 0.692. The van der Waals surface area contributed by atoms with E-state index in [4.69, 9.17) is 9.47 Å². The summed E-state index contributed by atoms with van der Waals surface area (Å²) in [6, 6.07) is 0. The summed E-state index contributed by atoms with van der Waals surface area (Å²) >= 11 is 0. The zero-order valence-corrected chi connectivity index (χ0v) is 12.9. The molecule has 0 radical (unpaired) electrons. The molecule has 0 saturated heterocycles. The summed E-state index contributed by atoms with van der Waals surface area (Å²) in [6.07, 6.45) is 0.896. The van der Waals surface area contributed by atoms with Crippen molar-refractivity contribution in [3.05, 3.63) is 15.9 Å². The summed E-state index contributed by atoms with van der Waals surface area (Å²) in [6.45, 7) is 8.74. The van der Waals surface area contributed by atoms with E-state index in [2.05, 4.69) is 15.3 Å². The lowest BCUT2D eigenvalue weighted by atomic mass is 10.4. The average molecular weight is 298 g/mol. The first kappa shape index (κ1) is 17.1. The molecule has 21 heavy (non-hydrogen) atoms.